The van der Waals surface area contributed by atoms with Crippen molar-refractivity contribution in [2.24, 2.45) is 4.99 Å². The average Bonchev–Trinajstić information content (AvgIpc) is 2.79. The first kappa shape index (κ1) is 11.6. The fourth-order valence-corrected chi connectivity index (χ4v) is 2.05. The molecule has 3 aromatic rings. The number of para-hydroxylation sites is 2. The van der Waals surface area contributed by atoms with Gasteiger partial charge < -0.3 is 4.90 Å². The molecule has 0 aliphatic rings. The molecule has 3 rings (SSSR count). The molecule has 0 atom stereocenters. The molecular formula is C14H15N5. The molecule has 5 heteroatoms. The maximum atomic E-state index is 4.62. The van der Waals surface area contributed by atoms with Crippen LogP contribution < -0.4 is 0 Å². The van der Waals surface area contributed by atoms with E-state index >= 15 is 0 Å². The van der Waals surface area contributed by atoms with Crippen LogP contribution in [0.25, 0.3) is 16.6 Å². The van der Waals surface area contributed by atoms with Gasteiger partial charge in [0.05, 0.1) is 23.6 Å². The molecule has 0 radical (unpaired) electrons. The maximum absolute atomic E-state index is 4.62. The minimum atomic E-state index is 0.697. The molecule has 96 valence electrons. The van der Waals surface area contributed by atoms with E-state index in [1.807, 2.05) is 60.9 Å². The number of hydrogen-bond acceptors (Lipinski definition) is 3. The van der Waals surface area contributed by atoms with E-state index in [2.05, 4.69) is 15.1 Å². The fraction of sp³-hybridized carbons (Fsp3) is 0.214. The van der Waals surface area contributed by atoms with E-state index in [9.17, 15) is 0 Å². The van der Waals surface area contributed by atoms with E-state index in [0.717, 1.165) is 22.1 Å². The lowest BCUT2D eigenvalue weighted by molar-refractivity contribution is 0.643. The molecule has 5 nitrogen and oxygen atoms in total. The Bertz CT molecular complexity index is 770. The summed E-state index contributed by atoms with van der Waals surface area (Å²) < 4.78 is 1.90. The zero-order chi connectivity index (χ0) is 13.4. The van der Waals surface area contributed by atoms with Crippen LogP contribution in [0, 0.1) is 6.92 Å². The molecule has 0 amide bonds. The van der Waals surface area contributed by atoms with E-state index in [0.29, 0.717) is 5.82 Å². The molecule has 19 heavy (non-hydrogen) atoms. The van der Waals surface area contributed by atoms with Crippen molar-refractivity contribution in [3.63, 3.8) is 0 Å². The summed E-state index contributed by atoms with van der Waals surface area (Å²) in [4.78, 5) is 11.0. The van der Waals surface area contributed by atoms with Gasteiger partial charge >= 0.3 is 0 Å². The van der Waals surface area contributed by atoms with Gasteiger partial charge in [0.25, 0.3) is 0 Å². The Balaban J connectivity index is 2.37. The molecular weight excluding hydrogens is 238 g/mol. The quantitative estimate of drug-likeness (QED) is 0.520. The van der Waals surface area contributed by atoms with Crippen LogP contribution in [0.5, 0.6) is 0 Å². The van der Waals surface area contributed by atoms with Crippen molar-refractivity contribution in [1.29, 1.82) is 0 Å². The van der Waals surface area contributed by atoms with E-state index in [1.165, 1.54) is 0 Å². The number of nitrogens with zero attached hydrogens (tertiary/aromatic N) is 5. The number of fused-ring (bicyclic) bond motifs is 3. The van der Waals surface area contributed by atoms with Crippen molar-refractivity contribution >= 4 is 28.7 Å². The minimum Gasteiger partial charge on any atom is -0.369 e. The number of benzene rings is 1. The molecule has 0 bridgehead atoms. The summed E-state index contributed by atoms with van der Waals surface area (Å²) in [6.07, 6.45) is 3.60. The first-order valence-corrected chi connectivity index (χ1v) is 6.10. The van der Waals surface area contributed by atoms with E-state index in [4.69, 9.17) is 0 Å². The van der Waals surface area contributed by atoms with Crippen LogP contribution in [0.4, 0.5) is 5.82 Å². The molecule has 2 heterocycles. The summed E-state index contributed by atoms with van der Waals surface area (Å²) in [6, 6.07) is 7.95. The van der Waals surface area contributed by atoms with Crippen LogP contribution >= 0.6 is 0 Å². The first-order chi connectivity index (χ1) is 9.16. The summed E-state index contributed by atoms with van der Waals surface area (Å²) in [5.41, 5.74) is 3.92. The summed E-state index contributed by atoms with van der Waals surface area (Å²) >= 11 is 0. The third-order valence-corrected chi connectivity index (χ3v) is 2.91. The Morgan fingerprint density at radius 1 is 1.26 bits per heavy atom. The van der Waals surface area contributed by atoms with E-state index < -0.39 is 0 Å². The maximum Gasteiger partial charge on any atom is 0.180 e. The van der Waals surface area contributed by atoms with Gasteiger partial charge in [-0.15, -0.1) is 0 Å². The standard InChI is InChI=1S/C14H15N5/c1-10-8-16-19-12-7-5-4-6-11(12)17-14(13(10)19)15-9-18(2)3/h4-9H,1-3H3. The number of rotatable bonds is 2. The van der Waals surface area contributed by atoms with Crippen molar-refractivity contribution < 1.29 is 0 Å². The van der Waals surface area contributed by atoms with Gasteiger partial charge in [0.1, 0.15) is 5.52 Å². The first-order valence-electron chi connectivity index (χ1n) is 6.10. The molecule has 0 aliphatic heterocycles. The zero-order valence-corrected chi connectivity index (χ0v) is 11.2. The van der Waals surface area contributed by atoms with Gasteiger partial charge in [-0.25, -0.2) is 14.5 Å². The highest BCUT2D eigenvalue weighted by atomic mass is 15.2. The Hall–Kier alpha value is -2.43. The van der Waals surface area contributed by atoms with Gasteiger partial charge in [0.2, 0.25) is 0 Å². The molecule has 0 saturated carbocycles. The number of aliphatic imine (C=N–C) groups is 1. The van der Waals surface area contributed by atoms with Crippen molar-refractivity contribution in [2.75, 3.05) is 14.1 Å². The van der Waals surface area contributed by atoms with Gasteiger partial charge in [-0.3, -0.25) is 0 Å². The fourth-order valence-electron chi connectivity index (χ4n) is 2.05. The molecule has 0 aliphatic carbocycles. The molecule has 2 aromatic heterocycles. The highest BCUT2D eigenvalue weighted by molar-refractivity contribution is 5.85. The predicted octanol–water partition coefficient (Wildman–Crippen LogP) is 2.41. The van der Waals surface area contributed by atoms with Crippen molar-refractivity contribution in [1.82, 2.24) is 19.5 Å². The Labute approximate surface area is 111 Å². The lowest BCUT2D eigenvalue weighted by Crippen LogP contribution is -2.07. The van der Waals surface area contributed by atoms with Crippen LogP contribution in [0.3, 0.4) is 0 Å². The minimum absolute atomic E-state index is 0.697. The van der Waals surface area contributed by atoms with Crippen LogP contribution in [-0.2, 0) is 0 Å². The number of aromatic nitrogens is 3. The second-order valence-corrected chi connectivity index (χ2v) is 4.72. The largest absolute Gasteiger partial charge is 0.369 e. The summed E-state index contributed by atoms with van der Waals surface area (Å²) in [5, 5.41) is 4.42. The lowest BCUT2D eigenvalue weighted by Gasteiger charge is -2.06. The van der Waals surface area contributed by atoms with Gasteiger partial charge in [0, 0.05) is 14.1 Å². The summed E-state index contributed by atoms with van der Waals surface area (Å²) in [7, 11) is 3.87. The molecule has 0 saturated heterocycles. The third kappa shape index (κ3) is 1.93. The predicted molar refractivity (Wildman–Crippen MR) is 77.1 cm³/mol. The molecule has 0 N–H and O–H groups in total. The second-order valence-electron chi connectivity index (χ2n) is 4.72. The van der Waals surface area contributed by atoms with Crippen LogP contribution in [0.1, 0.15) is 5.56 Å². The topological polar surface area (TPSA) is 45.8 Å². The third-order valence-electron chi connectivity index (χ3n) is 2.91. The molecule has 0 unspecified atom stereocenters. The Morgan fingerprint density at radius 3 is 2.84 bits per heavy atom. The SMILES string of the molecule is Cc1cnn2c1c(N=CN(C)C)nc1ccccc12. The zero-order valence-electron chi connectivity index (χ0n) is 11.2. The molecule has 0 fully saturated rings. The summed E-state index contributed by atoms with van der Waals surface area (Å²) in [6.45, 7) is 2.02. The van der Waals surface area contributed by atoms with Gasteiger partial charge in [0.15, 0.2) is 5.82 Å². The highest BCUT2D eigenvalue weighted by Gasteiger charge is 2.10. The van der Waals surface area contributed by atoms with Crippen LogP contribution in [-0.4, -0.2) is 39.9 Å². The normalized spacial score (nSPS) is 11.7. The van der Waals surface area contributed by atoms with Gasteiger partial charge in [-0.05, 0) is 24.6 Å². The molecule has 1 aromatic carbocycles. The van der Waals surface area contributed by atoms with Crippen molar-refractivity contribution in [3.8, 4) is 0 Å². The monoisotopic (exact) mass is 253 g/mol. The summed E-state index contributed by atoms with van der Waals surface area (Å²) in [5.74, 6) is 0.697. The van der Waals surface area contributed by atoms with Gasteiger partial charge in [-0.2, -0.15) is 5.10 Å². The number of aryl methyl sites for hydroxylation is 1. The van der Waals surface area contributed by atoms with Crippen molar-refractivity contribution in [3.05, 3.63) is 36.0 Å². The smallest absolute Gasteiger partial charge is 0.180 e. The van der Waals surface area contributed by atoms with E-state index in [1.54, 1.807) is 6.34 Å². The van der Waals surface area contributed by atoms with Crippen molar-refractivity contribution in [2.45, 2.75) is 6.92 Å². The van der Waals surface area contributed by atoms with Crippen LogP contribution in [0.2, 0.25) is 0 Å². The van der Waals surface area contributed by atoms with Crippen LogP contribution in [0.15, 0.2) is 35.5 Å². The average molecular weight is 253 g/mol. The Morgan fingerprint density at radius 2 is 2.05 bits per heavy atom. The van der Waals surface area contributed by atoms with Gasteiger partial charge in [-0.1, -0.05) is 12.1 Å². The Kier molecular flexibility index (Phi) is 2.67. The molecule has 0 spiro atoms. The number of hydrogen-bond donors (Lipinski definition) is 0. The van der Waals surface area contributed by atoms with E-state index in [-0.39, 0.29) is 0 Å². The lowest BCUT2D eigenvalue weighted by atomic mass is 10.2. The second kappa shape index (κ2) is 4.35. The highest BCUT2D eigenvalue weighted by Crippen LogP contribution is 2.25.